The maximum Gasteiger partial charge on any atom is 0.322 e. The minimum Gasteiger partial charge on any atom is -0.376 e. The minimum absolute atomic E-state index is 0.0227. The Kier molecular flexibility index (Phi) is 7.35. The fourth-order valence-corrected chi connectivity index (χ4v) is 4.78. The van der Waals surface area contributed by atoms with Gasteiger partial charge in [0.25, 0.3) is 5.91 Å². The number of nitrogens with zero attached hydrogens (tertiary/aromatic N) is 2. The molecule has 2 aliphatic rings. The topological polar surface area (TPSA) is 91.0 Å². The molecule has 0 bridgehead atoms. The van der Waals surface area contributed by atoms with E-state index in [0.717, 1.165) is 11.3 Å². The first-order valence-corrected chi connectivity index (χ1v) is 11.8. The van der Waals surface area contributed by atoms with Gasteiger partial charge in [-0.1, -0.05) is 36.4 Å². The highest BCUT2D eigenvalue weighted by Crippen LogP contribution is 2.26. The van der Waals surface area contributed by atoms with Gasteiger partial charge in [-0.2, -0.15) is 0 Å². The summed E-state index contributed by atoms with van der Waals surface area (Å²) in [5.74, 6) is -1.50. The number of carbonyl (C=O) groups excluding carboxylic acids is 3. The summed E-state index contributed by atoms with van der Waals surface area (Å²) in [4.78, 5) is 41.7. The fraction of sp³-hybridized carbons (Fsp3) is 0.423. The third-order valence-electron chi connectivity index (χ3n) is 6.63. The van der Waals surface area contributed by atoms with Crippen LogP contribution in [0, 0.1) is 11.7 Å². The molecule has 2 unspecified atom stereocenters. The van der Waals surface area contributed by atoms with Crippen molar-refractivity contribution in [3.63, 3.8) is 0 Å². The minimum atomic E-state index is -1.19. The van der Waals surface area contributed by atoms with Crippen molar-refractivity contribution >= 4 is 23.5 Å². The number of hydrogen-bond donors (Lipinski definition) is 2. The standard InChI is InChI=1S/C26H31FN4O4/c1-18-15-30(11-12-31(18)22-10-6-9-21(27)13-22)23(32)20(14-26(2)24(33)28-25(34)29-26)17-35-16-19-7-4-3-5-8-19/h3-10,13,18,20H,11-12,14-17H2,1-2H3,(H2,28,29,33,34)/t18-,20?,26?/m0/s1. The van der Waals surface area contributed by atoms with Gasteiger partial charge in [0.05, 0.1) is 19.1 Å². The van der Waals surface area contributed by atoms with Crippen molar-refractivity contribution in [3.05, 3.63) is 66.0 Å². The van der Waals surface area contributed by atoms with Crippen molar-refractivity contribution in [2.45, 2.75) is 38.5 Å². The van der Waals surface area contributed by atoms with Crippen molar-refractivity contribution in [2.24, 2.45) is 5.92 Å². The van der Waals surface area contributed by atoms with Gasteiger partial charge in [-0.05, 0) is 44.0 Å². The van der Waals surface area contributed by atoms with Gasteiger partial charge >= 0.3 is 6.03 Å². The molecule has 0 spiro atoms. The molecule has 8 nitrogen and oxygen atoms in total. The second kappa shape index (κ2) is 10.4. The van der Waals surface area contributed by atoms with E-state index in [1.54, 1.807) is 17.9 Å². The average Bonchev–Trinajstić information content (AvgIpc) is 3.09. The molecule has 2 N–H and O–H groups in total. The first kappa shape index (κ1) is 24.7. The molecular weight excluding hydrogens is 451 g/mol. The third kappa shape index (κ3) is 5.79. The number of ether oxygens (including phenoxy) is 1. The normalized spacial score (nSPS) is 23.1. The van der Waals surface area contributed by atoms with Crippen LogP contribution in [0.5, 0.6) is 0 Å². The van der Waals surface area contributed by atoms with E-state index in [0.29, 0.717) is 26.2 Å². The molecule has 2 aliphatic heterocycles. The largest absolute Gasteiger partial charge is 0.376 e. The van der Waals surface area contributed by atoms with Crippen LogP contribution >= 0.6 is 0 Å². The Hall–Kier alpha value is -3.46. The molecule has 0 saturated carbocycles. The van der Waals surface area contributed by atoms with Gasteiger partial charge < -0.3 is 19.9 Å². The summed E-state index contributed by atoms with van der Waals surface area (Å²) in [5, 5.41) is 4.91. The van der Waals surface area contributed by atoms with E-state index < -0.39 is 23.4 Å². The Morgan fingerprint density at radius 1 is 1.17 bits per heavy atom. The zero-order valence-corrected chi connectivity index (χ0v) is 20.0. The Bertz CT molecular complexity index is 1080. The number of halogens is 1. The fourth-order valence-electron chi connectivity index (χ4n) is 4.78. The van der Waals surface area contributed by atoms with Gasteiger partial charge in [0.2, 0.25) is 5.91 Å². The summed E-state index contributed by atoms with van der Waals surface area (Å²) in [5.41, 5.74) is 0.571. The van der Waals surface area contributed by atoms with E-state index in [1.165, 1.54) is 12.1 Å². The molecule has 35 heavy (non-hydrogen) atoms. The Labute approximate surface area is 204 Å². The van der Waals surface area contributed by atoms with Crippen LogP contribution in [0.4, 0.5) is 14.9 Å². The lowest BCUT2D eigenvalue weighted by Gasteiger charge is -2.42. The van der Waals surface area contributed by atoms with Crippen molar-refractivity contribution in [2.75, 3.05) is 31.1 Å². The molecule has 2 aromatic rings. The highest BCUT2D eigenvalue weighted by molar-refractivity contribution is 6.07. The van der Waals surface area contributed by atoms with Crippen molar-refractivity contribution in [1.29, 1.82) is 0 Å². The van der Waals surface area contributed by atoms with Crippen molar-refractivity contribution in [1.82, 2.24) is 15.5 Å². The molecule has 9 heteroatoms. The molecule has 2 heterocycles. The first-order valence-electron chi connectivity index (χ1n) is 11.8. The van der Waals surface area contributed by atoms with Crippen molar-refractivity contribution < 1.29 is 23.5 Å². The number of rotatable bonds is 8. The molecule has 4 rings (SSSR count). The second-order valence-corrected chi connectivity index (χ2v) is 9.45. The lowest BCUT2D eigenvalue weighted by Crippen LogP contribution is -2.56. The van der Waals surface area contributed by atoms with Gasteiger partial charge in [0.15, 0.2) is 0 Å². The zero-order chi connectivity index (χ0) is 25.0. The van der Waals surface area contributed by atoms with Crippen LogP contribution in [-0.2, 0) is 20.9 Å². The Balaban J connectivity index is 1.45. The van der Waals surface area contributed by atoms with E-state index >= 15 is 0 Å². The molecule has 2 aromatic carbocycles. The number of carbonyl (C=O) groups is 3. The number of amides is 4. The molecular formula is C26H31FN4O4. The zero-order valence-electron chi connectivity index (χ0n) is 20.0. The van der Waals surface area contributed by atoms with Crippen LogP contribution in [0.3, 0.4) is 0 Å². The van der Waals surface area contributed by atoms with Crippen molar-refractivity contribution in [3.8, 4) is 0 Å². The van der Waals surface area contributed by atoms with E-state index in [9.17, 15) is 18.8 Å². The number of benzene rings is 2. The lowest BCUT2D eigenvalue weighted by molar-refractivity contribution is -0.140. The molecule has 186 valence electrons. The van der Waals surface area contributed by atoms with Gasteiger partial charge in [-0.15, -0.1) is 0 Å². The quantitative estimate of drug-likeness (QED) is 0.565. The predicted octanol–water partition coefficient (Wildman–Crippen LogP) is 2.68. The summed E-state index contributed by atoms with van der Waals surface area (Å²) in [6, 6.07) is 15.5. The van der Waals surface area contributed by atoms with Gasteiger partial charge in [0, 0.05) is 31.4 Å². The molecule has 2 saturated heterocycles. The Morgan fingerprint density at radius 2 is 1.94 bits per heavy atom. The van der Waals surface area contributed by atoms with Gasteiger partial charge in [-0.3, -0.25) is 14.9 Å². The van der Waals surface area contributed by atoms with E-state index in [-0.39, 0.29) is 30.8 Å². The summed E-state index contributed by atoms with van der Waals surface area (Å²) in [7, 11) is 0. The summed E-state index contributed by atoms with van der Waals surface area (Å²) in [6.45, 7) is 5.55. The molecule has 0 radical (unpaired) electrons. The second-order valence-electron chi connectivity index (χ2n) is 9.45. The molecule has 4 amide bonds. The SMILES string of the molecule is C[C@H]1CN(C(=O)C(COCc2ccccc2)CC2(C)NC(=O)NC2=O)CCN1c1cccc(F)c1. The van der Waals surface area contributed by atoms with Gasteiger partial charge in [-0.25, -0.2) is 9.18 Å². The lowest BCUT2D eigenvalue weighted by atomic mass is 9.88. The van der Waals surface area contributed by atoms with E-state index in [2.05, 4.69) is 15.5 Å². The number of urea groups is 1. The number of anilines is 1. The average molecular weight is 483 g/mol. The van der Waals surface area contributed by atoms with Crippen LogP contribution in [0.25, 0.3) is 0 Å². The first-order chi connectivity index (χ1) is 16.7. The molecule has 0 aliphatic carbocycles. The molecule has 0 aromatic heterocycles. The molecule has 3 atom stereocenters. The highest BCUT2D eigenvalue weighted by Gasteiger charge is 2.45. The van der Waals surface area contributed by atoms with Crippen LogP contribution in [-0.4, -0.2) is 60.6 Å². The maximum absolute atomic E-state index is 13.7. The van der Waals surface area contributed by atoms with Crippen LogP contribution in [0.2, 0.25) is 0 Å². The number of hydrogen-bond acceptors (Lipinski definition) is 5. The van der Waals surface area contributed by atoms with E-state index in [4.69, 9.17) is 4.74 Å². The summed E-state index contributed by atoms with van der Waals surface area (Å²) in [6.07, 6.45) is 0.122. The number of nitrogens with one attached hydrogen (secondary N) is 2. The molecule has 2 fully saturated rings. The predicted molar refractivity (Wildman–Crippen MR) is 129 cm³/mol. The smallest absolute Gasteiger partial charge is 0.322 e. The summed E-state index contributed by atoms with van der Waals surface area (Å²) >= 11 is 0. The van der Waals surface area contributed by atoms with E-state index in [1.807, 2.05) is 43.3 Å². The van der Waals surface area contributed by atoms with Crippen LogP contribution < -0.4 is 15.5 Å². The van der Waals surface area contributed by atoms with Crippen LogP contribution in [0.15, 0.2) is 54.6 Å². The highest BCUT2D eigenvalue weighted by atomic mass is 19.1. The Morgan fingerprint density at radius 3 is 2.60 bits per heavy atom. The third-order valence-corrected chi connectivity index (χ3v) is 6.63. The number of imide groups is 1. The summed E-state index contributed by atoms with van der Waals surface area (Å²) < 4.78 is 19.6. The number of piperazine rings is 1. The maximum atomic E-state index is 13.7. The van der Waals surface area contributed by atoms with Crippen LogP contribution in [0.1, 0.15) is 25.8 Å². The monoisotopic (exact) mass is 482 g/mol. The van der Waals surface area contributed by atoms with Gasteiger partial charge in [0.1, 0.15) is 11.4 Å².